The molecule has 0 amide bonds. The van der Waals surface area contributed by atoms with Gasteiger partial charge < -0.3 is 5.32 Å². The van der Waals surface area contributed by atoms with Crippen molar-refractivity contribution in [2.45, 2.75) is 13.0 Å². The van der Waals surface area contributed by atoms with Crippen LogP contribution in [0.25, 0.3) is 0 Å². The zero-order chi connectivity index (χ0) is 13.8. The van der Waals surface area contributed by atoms with E-state index in [1.165, 1.54) is 18.2 Å². The summed E-state index contributed by atoms with van der Waals surface area (Å²) in [5.41, 5.74) is 1.79. The van der Waals surface area contributed by atoms with Crippen LogP contribution in [0, 0.1) is 29.9 Å². The van der Waals surface area contributed by atoms with Gasteiger partial charge in [0.2, 0.25) is 0 Å². The van der Waals surface area contributed by atoms with E-state index in [0.29, 0.717) is 16.8 Å². The predicted molar refractivity (Wildman–Crippen MR) is 69.5 cm³/mol. The number of rotatable bonds is 3. The second kappa shape index (κ2) is 5.49. The molecular formula is C15H12F2N2. The molecule has 0 radical (unpaired) electrons. The van der Waals surface area contributed by atoms with Crippen molar-refractivity contribution in [3.8, 4) is 6.07 Å². The molecule has 0 aliphatic heterocycles. The first-order valence-electron chi connectivity index (χ1n) is 5.78. The van der Waals surface area contributed by atoms with Gasteiger partial charge in [-0.1, -0.05) is 12.1 Å². The lowest BCUT2D eigenvalue weighted by Gasteiger charge is -2.14. The van der Waals surface area contributed by atoms with Crippen molar-refractivity contribution < 1.29 is 8.78 Å². The van der Waals surface area contributed by atoms with Crippen LogP contribution >= 0.6 is 0 Å². The summed E-state index contributed by atoms with van der Waals surface area (Å²) in [6, 6.07) is 11.7. The van der Waals surface area contributed by atoms with Gasteiger partial charge >= 0.3 is 0 Å². The van der Waals surface area contributed by atoms with Gasteiger partial charge in [-0.2, -0.15) is 5.26 Å². The third kappa shape index (κ3) is 3.08. The predicted octanol–water partition coefficient (Wildman–Crippen LogP) is 3.95. The summed E-state index contributed by atoms with van der Waals surface area (Å²) in [6.45, 7) is 1.64. The first-order chi connectivity index (χ1) is 9.10. The van der Waals surface area contributed by atoms with E-state index in [9.17, 15) is 14.0 Å². The maximum atomic E-state index is 13.2. The molecule has 0 saturated carbocycles. The van der Waals surface area contributed by atoms with Crippen LogP contribution in [0.1, 0.15) is 17.2 Å². The molecular weight excluding hydrogens is 246 g/mol. The third-order valence-electron chi connectivity index (χ3n) is 2.80. The van der Waals surface area contributed by atoms with Gasteiger partial charge in [0.1, 0.15) is 17.7 Å². The normalized spacial score (nSPS) is 11.7. The number of nitrogens with zero attached hydrogens (tertiary/aromatic N) is 1. The highest BCUT2D eigenvalue weighted by molar-refractivity contribution is 5.47. The lowest BCUT2D eigenvalue weighted by Crippen LogP contribution is -2.09. The van der Waals surface area contributed by atoms with Crippen molar-refractivity contribution in [3.63, 3.8) is 0 Å². The summed E-state index contributed by atoms with van der Waals surface area (Å²) in [4.78, 5) is 0. The van der Waals surface area contributed by atoms with Gasteiger partial charge in [-0.3, -0.25) is 0 Å². The van der Waals surface area contributed by atoms with Crippen molar-refractivity contribution in [2.24, 2.45) is 0 Å². The first kappa shape index (κ1) is 13.0. The molecule has 2 aromatic carbocycles. The van der Waals surface area contributed by atoms with Gasteiger partial charge in [0, 0.05) is 5.69 Å². The second-order valence-electron chi connectivity index (χ2n) is 4.22. The molecule has 0 aliphatic rings. The van der Waals surface area contributed by atoms with Crippen molar-refractivity contribution in [1.82, 2.24) is 0 Å². The number of anilines is 1. The van der Waals surface area contributed by atoms with Crippen LogP contribution in [0.4, 0.5) is 14.5 Å². The van der Waals surface area contributed by atoms with Gasteiger partial charge in [-0.05, 0) is 48.4 Å². The molecule has 1 unspecified atom stereocenters. The molecule has 1 atom stereocenters. The Labute approximate surface area is 110 Å². The summed E-state index contributed by atoms with van der Waals surface area (Å²) in [5, 5.41) is 12.1. The minimum atomic E-state index is -0.607. The number of halogens is 2. The van der Waals surface area contributed by atoms with E-state index in [4.69, 9.17) is 0 Å². The number of benzene rings is 2. The Bertz CT molecular complexity index is 615. The molecule has 4 heteroatoms. The van der Waals surface area contributed by atoms with E-state index >= 15 is 0 Å². The van der Waals surface area contributed by atoms with E-state index in [0.717, 1.165) is 0 Å². The topological polar surface area (TPSA) is 35.8 Å². The number of nitriles is 1. The SMILES string of the molecule is Cc1cc(C(C#N)Nc2ccc(F)cc2)ccc1F. The first-order valence-corrected chi connectivity index (χ1v) is 5.78. The van der Waals surface area contributed by atoms with Crippen LogP contribution < -0.4 is 5.32 Å². The summed E-state index contributed by atoms with van der Waals surface area (Å²) in [5.74, 6) is -0.640. The average molecular weight is 258 g/mol. The fourth-order valence-corrected chi connectivity index (χ4v) is 1.75. The summed E-state index contributed by atoms with van der Waals surface area (Å²) >= 11 is 0. The lowest BCUT2D eigenvalue weighted by molar-refractivity contribution is 0.617. The second-order valence-corrected chi connectivity index (χ2v) is 4.22. The average Bonchev–Trinajstić information content (AvgIpc) is 2.41. The standard InChI is InChI=1S/C15H12F2N2/c1-10-8-11(2-7-14(10)17)15(9-18)19-13-5-3-12(16)4-6-13/h2-8,15,19H,1H3. The Balaban J connectivity index is 2.23. The van der Waals surface area contributed by atoms with Crippen LogP contribution in [0.15, 0.2) is 42.5 Å². The van der Waals surface area contributed by atoms with Crippen molar-refractivity contribution in [2.75, 3.05) is 5.32 Å². The van der Waals surface area contributed by atoms with Gasteiger partial charge in [0.25, 0.3) is 0 Å². The Morgan fingerprint density at radius 2 is 1.79 bits per heavy atom. The van der Waals surface area contributed by atoms with Crippen LogP contribution in [-0.2, 0) is 0 Å². The number of hydrogen-bond donors (Lipinski definition) is 1. The van der Waals surface area contributed by atoms with Crippen LogP contribution in [0.2, 0.25) is 0 Å². The molecule has 96 valence electrons. The van der Waals surface area contributed by atoms with Crippen molar-refractivity contribution >= 4 is 5.69 Å². The quantitative estimate of drug-likeness (QED) is 0.904. The largest absolute Gasteiger partial charge is 0.366 e. The van der Waals surface area contributed by atoms with Crippen molar-refractivity contribution in [3.05, 3.63) is 65.2 Å². The van der Waals surface area contributed by atoms with Gasteiger partial charge in [-0.25, -0.2) is 8.78 Å². The molecule has 2 aromatic rings. The smallest absolute Gasteiger partial charge is 0.140 e. The maximum absolute atomic E-state index is 13.2. The fraction of sp³-hybridized carbons (Fsp3) is 0.133. The molecule has 19 heavy (non-hydrogen) atoms. The minimum absolute atomic E-state index is 0.303. The number of aryl methyl sites for hydroxylation is 1. The molecule has 1 N–H and O–H groups in total. The molecule has 0 heterocycles. The third-order valence-corrected chi connectivity index (χ3v) is 2.80. The Morgan fingerprint density at radius 3 is 2.37 bits per heavy atom. The zero-order valence-corrected chi connectivity index (χ0v) is 10.3. The Morgan fingerprint density at radius 1 is 1.11 bits per heavy atom. The van der Waals surface area contributed by atoms with E-state index in [1.807, 2.05) is 0 Å². The van der Waals surface area contributed by atoms with E-state index in [1.54, 1.807) is 31.2 Å². The van der Waals surface area contributed by atoms with Crippen molar-refractivity contribution in [1.29, 1.82) is 5.26 Å². The highest BCUT2D eigenvalue weighted by Crippen LogP contribution is 2.21. The van der Waals surface area contributed by atoms with Gasteiger partial charge in [-0.15, -0.1) is 0 Å². The zero-order valence-electron chi connectivity index (χ0n) is 10.3. The fourth-order valence-electron chi connectivity index (χ4n) is 1.75. The molecule has 0 aliphatic carbocycles. The highest BCUT2D eigenvalue weighted by Gasteiger charge is 2.11. The van der Waals surface area contributed by atoms with Crippen LogP contribution in [0.5, 0.6) is 0 Å². The van der Waals surface area contributed by atoms with E-state index in [2.05, 4.69) is 11.4 Å². The van der Waals surface area contributed by atoms with E-state index < -0.39 is 6.04 Å². The van der Waals surface area contributed by atoms with Gasteiger partial charge in [0.05, 0.1) is 6.07 Å². The molecule has 0 fully saturated rings. The maximum Gasteiger partial charge on any atom is 0.140 e. The Kier molecular flexibility index (Phi) is 3.76. The molecule has 2 rings (SSSR count). The molecule has 2 nitrogen and oxygen atoms in total. The molecule has 0 aromatic heterocycles. The highest BCUT2D eigenvalue weighted by atomic mass is 19.1. The van der Waals surface area contributed by atoms with Gasteiger partial charge in [0.15, 0.2) is 0 Å². The number of nitrogens with one attached hydrogen (secondary N) is 1. The van der Waals surface area contributed by atoms with E-state index in [-0.39, 0.29) is 11.6 Å². The minimum Gasteiger partial charge on any atom is -0.366 e. The lowest BCUT2D eigenvalue weighted by atomic mass is 10.0. The van der Waals surface area contributed by atoms with Crippen LogP contribution in [-0.4, -0.2) is 0 Å². The van der Waals surface area contributed by atoms with Crippen LogP contribution in [0.3, 0.4) is 0 Å². The monoisotopic (exact) mass is 258 g/mol. The summed E-state index contributed by atoms with van der Waals surface area (Å²) in [7, 11) is 0. The Hall–Kier alpha value is -2.41. The summed E-state index contributed by atoms with van der Waals surface area (Å²) < 4.78 is 26.0. The summed E-state index contributed by atoms with van der Waals surface area (Å²) in [6.07, 6.45) is 0. The molecule has 0 saturated heterocycles. The number of hydrogen-bond acceptors (Lipinski definition) is 2. The molecule has 0 spiro atoms. The molecule has 0 bridgehead atoms.